The van der Waals surface area contributed by atoms with Crippen molar-refractivity contribution in [3.63, 3.8) is 0 Å². The third-order valence-corrected chi connectivity index (χ3v) is 4.11. The third-order valence-electron chi connectivity index (χ3n) is 4.11. The van der Waals surface area contributed by atoms with Gasteiger partial charge in [0, 0.05) is 24.1 Å². The summed E-state index contributed by atoms with van der Waals surface area (Å²) in [7, 11) is 0. The number of benzene rings is 1. The first-order valence-electron chi connectivity index (χ1n) is 8.80. The van der Waals surface area contributed by atoms with E-state index >= 15 is 0 Å². The molecule has 132 valence electrons. The van der Waals surface area contributed by atoms with Crippen molar-refractivity contribution < 1.29 is 9.15 Å². The van der Waals surface area contributed by atoms with E-state index in [0.29, 0.717) is 12.2 Å². The third kappa shape index (κ3) is 5.45. The van der Waals surface area contributed by atoms with Crippen LogP contribution < -0.4 is 10.4 Å². The molecule has 6 heteroatoms. The second-order valence-corrected chi connectivity index (χ2v) is 6.08. The summed E-state index contributed by atoms with van der Waals surface area (Å²) in [5.74, 6) is 0.745. The Morgan fingerprint density at radius 2 is 1.80 bits per heavy atom. The van der Waals surface area contributed by atoms with E-state index < -0.39 is 0 Å². The average Bonchev–Trinajstić information content (AvgIpc) is 3.13. The number of hydrogen-bond donors (Lipinski definition) is 0. The number of rotatable bonds is 10. The molecule has 0 radical (unpaired) electrons. The van der Waals surface area contributed by atoms with Gasteiger partial charge in [-0.1, -0.05) is 25.7 Å². The van der Waals surface area contributed by atoms with Crippen LogP contribution in [0.4, 0.5) is 0 Å². The zero-order valence-corrected chi connectivity index (χ0v) is 14.3. The van der Waals surface area contributed by atoms with Crippen molar-refractivity contribution in [2.75, 3.05) is 6.61 Å². The van der Waals surface area contributed by atoms with Gasteiger partial charge in [0.15, 0.2) is 0 Å². The zero-order chi connectivity index (χ0) is 17.3. The van der Waals surface area contributed by atoms with Crippen molar-refractivity contribution in [3.05, 3.63) is 53.4 Å². The first kappa shape index (κ1) is 17.2. The van der Waals surface area contributed by atoms with Crippen molar-refractivity contribution >= 4 is 11.0 Å². The Morgan fingerprint density at radius 3 is 2.64 bits per heavy atom. The highest BCUT2D eigenvalue weighted by Crippen LogP contribution is 2.19. The maximum absolute atomic E-state index is 11.3. The minimum atomic E-state index is -0.339. The summed E-state index contributed by atoms with van der Waals surface area (Å²) in [5.41, 5.74) is 0.228. The van der Waals surface area contributed by atoms with E-state index in [1.807, 2.05) is 16.8 Å². The summed E-state index contributed by atoms with van der Waals surface area (Å²) in [6, 6.07) is 8.78. The summed E-state index contributed by atoms with van der Waals surface area (Å²) in [4.78, 5) is 15.2. The molecule has 3 rings (SSSR count). The lowest BCUT2D eigenvalue weighted by atomic mass is 10.1. The van der Waals surface area contributed by atoms with Crippen molar-refractivity contribution in [2.24, 2.45) is 0 Å². The maximum atomic E-state index is 11.3. The van der Waals surface area contributed by atoms with Gasteiger partial charge in [-0.15, -0.1) is 0 Å². The van der Waals surface area contributed by atoms with Crippen LogP contribution in [0, 0.1) is 0 Å². The molecule has 0 spiro atoms. The summed E-state index contributed by atoms with van der Waals surface area (Å²) in [6.07, 6.45) is 10.3. The predicted molar refractivity (Wildman–Crippen MR) is 95.7 cm³/mol. The predicted octanol–water partition coefficient (Wildman–Crippen LogP) is 3.80. The van der Waals surface area contributed by atoms with Gasteiger partial charge in [0.2, 0.25) is 0 Å². The first-order chi connectivity index (χ1) is 12.3. The zero-order valence-electron chi connectivity index (χ0n) is 14.3. The maximum Gasteiger partial charge on any atom is 0.336 e. The molecule has 0 N–H and O–H groups in total. The Bertz CT molecular complexity index is 827. The van der Waals surface area contributed by atoms with Gasteiger partial charge in [-0.2, -0.15) is 5.10 Å². The van der Waals surface area contributed by atoms with Crippen molar-refractivity contribution in [1.82, 2.24) is 14.8 Å². The summed E-state index contributed by atoms with van der Waals surface area (Å²) in [5, 5.41) is 4.99. The lowest BCUT2D eigenvalue weighted by molar-refractivity contribution is 0.304. The number of fused-ring (bicyclic) bond motifs is 1. The van der Waals surface area contributed by atoms with E-state index in [-0.39, 0.29) is 5.63 Å². The van der Waals surface area contributed by atoms with Crippen LogP contribution in [0.1, 0.15) is 38.5 Å². The van der Waals surface area contributed by atoms with Gasteiger partial charge in [0.25, 0.3) is 0 Å². The molecule has 1 aromatic carbocycles. The summed E-state index contributed by atoms with van der Waals surface area (Å²) >= 11 is 0. The number of unbranched alkanes of at least 4 members (excludes halogenated alkanes) is 5. The molecule has 0 aliphatic carbocycles. The van der Waals surface area contributed by atoms with Crippen LogP contribution in [-0.2, 0) is 6.54 Å². The van der Waals surface area contributed by atoms with E-state index in [1.54, 1.807) is 24.8 Å². The summed E-state index contributed by atoms with van der Waals surface area (Å²) in [6.45, 7) is 1.63. The molecular weight excluding hydrogens is 318 g/mol. The SMILES string of the molecule is O=c1ccc2ccc(OCCCCCCCCn3cncn3)cc2o1. The van der Waals surface area contributed by atoms with E-state index in [1.165, 1.54) is 25.3 Å². The molecule has 0 atom stereocenters. The normalized spacial score (nSPS) is 11.0. The molecule has 0 bridgehead atoms. The second-order valence-electron chi connectivity index (χ2n) is 6.08. The van der Waals surface area contributed by atoms with E-state index in [2.05, 4.69) is 10.1 Å². The molecule has 0 unspecified atom stereocenters. The molecule has 0 saturated carbocycles. The first-order valence-corrected chi connectivity index (χ1v) is 8.80. The molecule has 6 nitrogen and oxygen atoms in total. The van der Waals surface area contributed by atoms with Gasteiger partial charge in [-0.05, 0) is 31.0 Å². The van der Waals surface area contributed by atoms with Gasteiger partial charge >= 0.3 is 5.63 Å². The molecular formula is C19H23N3O3. The molecule has 0 saturated heterocycles. The Kier molecular flexibility index (Phi) is 6.20. The van der Waals surface area contributed by atoms with Gasteiger partial charge < -0.3 is 9.15 Å². The van der Waals surface area contributed by atoms with Crippen molar-refractivity contribution in [2.45, 2.75) is 45.1 Å². The van der Waals surface area contributed by atoms with Crippen molar-refractivity contribution in [3.8, 4) is 5.75 Å². The van der Waals surface area contributed by atoms with Crippen LogP contribution in [0.3, 0.4) is 0 Å². The molecule has 2 aromatic heterocycles. The van der Waals surface area contributed by atoms with Crippen LogP contribution in [0.5, 0.6) is 5.75 Å². The topological polar surface area (TPSA) is 70.2 Å². The van der Waals surface area contributed by atoms with Gasteiger partial charge in [0.05, 0.1) is 6.61 Å². The van der Waals surface area contributed by atoms with E-state index in [4.69, 9.17) is 9.15 Å². The second kappa shape index (κ2) is 9.01. The molecule has 0 aliphatic heterocycles. The molecule has 3 aromatic rings. The van der Waals surface area contributed by atoms with Crippen LogP contribution >= 0.6 is 0 Å². The molecule has 0 aliphatic rings. The van der Waals surface area contributed by atoms with E-state index in [9.17, 15) is 4.79 Å². The van der Waals surface area contributed by atoms with Gasteiger partial charge in [-0.25, -0.2) is 9.78 Å². The highest BCUT2D eigenvalue weighted by atomic mass is 16.5. The monoisotopic (exact) mass is 341 g/mol. The van der Waals surface area contributed by atoms with Crippen LogP contribution in [-0.4, -0.2) is 21.4 Å². The average molecular weight is 341 g/mol. The Hall–Kier alpha value is -2.63. The number of ether oxygens (including phenoxy) is 1. The Labute approximate surface area is 146 Å². The smallest absolute Gasteiger partial charge is 0.336 e. The van der Waals surface area contributed by atoms with Crippen LogP contribution in [0.25, 0.3) is 11.0 Å². The Balaban J connectivity index is 1.27. The summed E-state index contributed by atoms with van der Waals surface area (Å²) < 4.78 is 12.8. The number of aromatic nitrogens is 3. The minimum Gasteiger partial charge on any atom is -0.493 e. The highest BCUT2D eigenvalue weighted by Gasteiger charge is 2.00. The fourth-order valence-electron chi connectivity index (χ4n) is 2.75. The lowest BCUT2D eigenvalue weighted by Gasteiger charge is -2.07. The number of nitrogens with zero attached hydrogens (tertiary/aromatic N) is 3. The fourth-order valence-corrected chi connectivity index (χ4v) is 2.75. The lowest BCUT2D eigenvalue weighted by Crippen LogP contribution is -1.99. The quantitative estimate of drug-likeness (QED) is 0.414. The fraction of sp³-hybridized carbons (Fsp3) is 0.421. The highest BCUT2D eigenvalue weighted by molar-refractivity contribution is 5.77. The minimum absolute atomic E-state index is 0.339. The molecule has 0 fully saturated rings. The number of aryl methyl sites for hydroxylation is 1. The molecule has 25 heavy (non-hydrogen) atoms. The van der Waals surface area contributed by atoms with Gasteiger partial charge in [-0.3, -0.25) is 4.68 Å². The van der Waals surface area contributed by atoms with Crippen LogP contribution in [0.15, 0.2) is 52.2 Å². The van der Waals surface area contributed by atoms with E-state index in [0.717, 1.165) is 36.9 Å². The number of hydrogen-bond acceptors (Lipinski definition) is 5. The largest absolute Gasteiger partial charge is 0.493 e. The van der Waals surface area contributed by atoms with Gasteiger partial charge in [0.1, 0.15) is 24.0 Å². The molecule has 0 amide bonds. The van der Waals surface area contributed by atoms with Crippen molar-refractivity contribution in [1.29, 1.82) is 0 Å². The molecule has 2 heterocycles. The van der Waals surface area contributed by atoms with Crippen LogP contribution in [0.2, 0.25) is 0 Å². The standard InChI is InChI=1S/C19H23N3O3/c23-19-10-8-16-7-9-17(13-18(16)25-19)24-12-6-4-2-1-3-5-11-22-15-20-14-21-22/h7-10,13-15H,1-6,11-12H2. The Morgan fingerprint density at radius 1 is 1.00 bits per heavy atom.